The van der Waals surface area contributed by atoms with Crippen molar-refractivity contribution in [2.24, 2.45) is 0 Å². The predicted octanol–water partition coefficient (Wildman–Crippen LogP) is 2.08. The molecule has 2 heteroatoms. The molecule has 1 radical (unpaired) electrons. The molecule has 61 valence electrons. The van der Waals surface area contributed by atoms with Gasteiger partial charge in [0.2, 0.25) is 6.79 Å². The first kappa shape index (κ1) is 7.22. The highest BCUT2D eigenvalue weighted by Gasteiger charge is 2.06. The van der Waals surface area contributed by atoms with Crippen molar-refractivity contribution in [3.05, 3.63) is 54.3 Å². The van der Waals surface area contributed by atoms with Crippen LogP contribution in [0.3, 0.4) is 0 Å². The van der Waals surface area contributed by atoms with Crippen molar-refractivity contribution in [1.82, 2.24) is 0 Å². The van der Waals surface area contributed by atoms with Gasteiger partial charge in [0.05, 0.1) is 6.42 Å². The van der Waals surface area contributed by atoms with E-state index in [4.69, 9.17) is 9.47 Å². The second kappa shape index (κ2) is 3.30. The highest BCUT2D eigenvalue weighted by Crippen LogP contribution is 2.15. The largest absolute Gasteiger partial charge is 0.462 e. The van der Waals surface area contributed by atoms with Crippen LogP contribution in [0.5, 0.6) is 0 Å². The minimum Gasteiger partial charge on any atom is -0.462 e. The van der Waals surface area contributed by atoms with Crippen LogP contribution in [0.25, 0.3) is 0 Å². The van der Waals surface area contributed by atoms with E-state index in [0.29, 0.717) is 6.79 Å². The van der Waals surface area contributed by atoms with Gasteiger partial charge in [0, 0.05) is 0 Å². The van der Waals surface area contributed by atoms with Crippen LogP contribution in [-0.4, -0.2) is 6.79 Å². The summed E-state index contributed by atoms with van der Waals surface area (Å²) in [4.78, 5) is 0. The Labute approximate surface area is 71.4 Å². The second-order valence-electron chi connectivity index (χ2n) is 2.50. The highest BCUT2D eigenvalue weighted by atomic mass is 16.7. The normalized spacial score (nSPS) is 14.8. The van der Waals surface area contributed by atoms with E-state index in [2.05, 4.69) is 0 Å². The third kappa shape index (κ3) is 1.59. The minimum absolute atomic E-state index is 0.332. The van der Waals surface area contributed by atoms with E-state index in [9.17, 15) is 0 Å². The standard InChI is InChI=1S/C10H9O2/c1-2-4-9(5-3-1)6-10-7-11-8-12-10/h1-7H,8H2. The molecule has 1 aromatic rings. The molecule has 0 aromatic heterocycles. The van der Waals surface area contributed by atoms with Crippen molar-refractivity contribution in [2.45, 2.75) is 0 Å². The van der Waals surface area contributed by atoms with Gasteiger partial charge in [-0.3, -0.25) is 0 Å². The molecular formula is C10H9O2. The van der Waals surface area contributed by atoms with Crippen LogP contribution in [0.2, 0.25) is 0 Å². The number of rotatable bonds is 2. The van der Waals surface area contributed by atoms with Crippen molar-refractivity contribution >= 4 is 0 Å². The smallest absolute Gasteiger partial charge is 0.229 e. The van der Waals surface area contributed by atoms with Crippen LogP contribution in [0.4, 0.5) is 0 Å². The Morgan fingerprint density at radius 2 is 2.00 bits per heavy atom. The SMILES string of the molecule is [CH](C1=COCO1)c1ccccc1. The van der Waals surface area contributed by atoms with Gasteiger partial charge in [0.15, 0.2) is 0 Å². The first-order valence-corrected chi connectivity index (χ1v) is 3.79. The van der Waals surface area contributed by atoms with Crippen LogP contribution < -0.4 is 0 Å². The summed E-state index contributed by atoms with van der Waals surface area (Å²) in [7, 11) is 0. The minimum atomic E-state index is 0.332. The van der Waals surface area contributed by atoms with Gasteiger partial charge in [-0.2, -0.15) is 0 Å². The lowest BCUT2D eigenvalue weighted by atomic mass is 10.1. The lowest BCUT2D eigenvalue weighted by Gasteiger charge is -1.99. The molecule has 2 rings (SSSR count). The quantitative estimate of drug-likeness (QED) is 0.661. The van der Waals surface area contributed by atoms with E-state index in [-0.39, 0.29) is 0 Å². The molecule has 0 saturated heterocycles. The molecule has 0 atom stereocenters. The predicted molar refractivity (Wildman–Crippen MR) is 45.0 cm³/mol. The Morgan fingerprint density at radius 1 is 1.17 bits per heavy atom. The molecule has 0 aliphatic carbocycles. The lowest BCUT2D eigenvalue weighted by molar-refractivity contribution is 0.0831. The number of ether oxygens (including phenoxy) is 2. The third-order valence-electron chi connectivity index (χ3n) is 1.60. The maximum atomic E-state index is 5.14. The van der Waals surface area contributed by atoms with E-state index in [1.54, 1.807) is 6.26 Å². The van der Waals surface area contributed by atoms with E-state index in [0.717, 1.165) is 11.3 Å². The van der Waals surface area contributed by atoms with Gasteiger partial charge in [0.25, 0.3) is 0 Å². The molecule has 0 unspecified atom stereocenters. The summed E-state index contributed by atoms with van der Waals surface area (Å²) in [6.07, 6.45) is 3.56. The summed E-state index contributed by atoms with van der Waals surface area (Å²) in [6.45, 7) is 0.332. The summed E-state index contributed by atoms with van der Waals surface area (Å²) >= 11 is 0. The molecule has 0 fully saturated rings. The van der Waals surface area contributed by atoms with Gasteiger partial charge in [0.1, 0.15) is 12.0 Å². The van der Waals surface area contributed by atoms with Crippen LogP contribution in [0.15, 0.2) is 42.4 Å². The molecule has 0 bridgehead atoms. The summed E-state index contributed by atoms with van der Waals surface area (Å²) in [6, 6.07) is 9.99. The Balaban J connectivity index is 2.04. The van der Waals surface area contributed by atoms with Crippen LogP contribution >= 0.6 is 0 Å². The molecule has 0 amide bonds. The van der Waals surface area contributed by atoms with Gasteiger partial charge in [-0.15, -0.1) is 0 Å². The van der Waals surface area contributed by atoms with Crippen LogP contribution in [0.1, 0.15) is 5.56 Å². The molecule has 12 heavy (non-hydrogen) atoms. The maximum absolute atomic E-state index is 5.14. The summed E-state index contributed by atoms with van der Waals surface area (Å²) in [5.74, 6) is 0.779. The average molecular weight is 161 g/mol. The van der Waals surface area contributed by atoms with E-state index in [1.165, 1.54) is 0 Å². The highest BCUT2D eigenvalue weighted by molar-refractivity contribution is 5.30. The van der Waals surface area contributed by atoms with Crippen molar-refractivity contribution in [1.29, 1.82) is 0 Å². The van der Waals surface area contributed by atoms with Crippen molar-refractivity contribution in [3.63, 3.8) is 0 Å². The van der Waals surface area contributed by atoms with Crippen LogP contribution in [-0.2, 0) is 9.47 Å². The first-order valence-electron chi connectivity index (χ1n) is 3.79. The average Bonchev–Trinajstić information content (AvgIpc) is 2.59. The zero-order chi connectivity index (χ0) is 8.23. The summed E-state index contributed by atoms with van der Waals surface area (Å²) in [5.41, 5.74) is 1.12. The van der Waals surface area contributed by atoms with Crippen molar-refractivity contribution in [3.8, 4) is 0 Å². The van der Waals surface area contributed by atoms with E-state index in [1.807, 2.05) is 36.8 Å². The zero-order valence-corrected chi connectivity index (χ0v) is 6.57. The molecule has 1 aliphatic rings. The Morgan fingerprint density at radius 3 is 2.67 bits per heavy atom. The fraction of sp³-hybridized carbons (Fsp3) is 0.100. The molecule has 0 N–H and O–H groups in total. The monoisotopic (exact) mass is 161 g/mol. The number of allylic oxidation sites excluding steroid dienone is 1. The van der Waals surface area contributed by atoms with Crippen molar-refractivity contribution < 1.29 is 9.47 Å². The van der Waals surface area contributed by atoms with Crippen LogP contribution in [0, 0.1) is 6.42 Å². The van der Waals surface area contributed by atoms with Gasteiger partial charge >= 0.3 is 0 Å². The topological polar surface area (TPSA) is 18.5 Å². The fourth-order valence-corrected chi connectivity index (χ4v) is 1.04. The first-order chi connectivity index (χ1) is 5.95. The van der Waals surface area contributed by atoms with E-state index < -0.39 is 0 Å². The number of hydrogen-bond donors (Lipinski definition) is 0. The Hall–Kier alpha value is -1.44. The maximum Gasteiger partial charge on any atom is 0.229 e. The number of hydrogen-bond acceptors (Lipinski definition) is 2. The van der Waals surface area contributed by atoms with Gasteiger partial charge in [-0.25, -0.2) is 0 Å². The molecule has 1 aliphatic heterocycles. The zero-order valence-electron chi connectivity index (χ0n) is 6.57. The molecule has 1 aromatic carbocycles. The van der Waals surface area contributed by atoms with E-state index >= 15 is 0 Å². The number of benzene rings is 1. The van der Waals surface area contributed by atoms with Gasteiger partial charge in [-0.1, -0.05) is 30.3 Å². The lowest BCUT2D eigenvalue weighted by Crippen LogP contribution is -1.88. The molecular weight excluding hydrogens is 152 g/mol. The molecule has 0 spiro atoms. The molecule has 0 saturated carbocycles. The third-order valence-corrected chi connectivity index (χ3v) is 1.60. The summed E-state index contributed by atoms with van der Waals surface area (Å²) < 4.78 is 10.1. The second-order valence-corrected chi connectivity index (χ2v) is 2.50. The Bertz CT molecular complexity index is 277. The summed E-state index contributed by atoms with van der Waals surface area (Å²) in [5, 5.41) is 0. The van der Waals surface area contributed by atoms with Gasteiger partial charge < -0.3 is 9.47 Å². The van der Waals surface area contributed by atoms with Crippen molar-refractivity contribution in [2.75, 3.05) is 6.79 Å². The molecule has 2 nitrogen and oxygen atoms in total. The Kier molecular flexibility index (Phi) is 1.99. The van der Waals surface area contributed by atoms with Gasteiger partial charge in [-0.05, 0) is 5.56 Å². The molecule has 1 heterocycles. The fourth-order valence-electron chi connectivity index (χ4n) is 1.04.